The number of nitrogens with zero attached hydrogens (tertiary/aromatic N) is 2. The van der Waals surface area contributed by atoms with Crippen molar-refractivity contribution in [2.75, 3.05) is 13.1 Å². The predicted molar refractivity (Wildman–Crippen MR) is 75.1 cm³/mol. The molecule has 1 heterocycles. The highest BCUT2D eigenvalue weighted by molar-refractivity contribution is 14.1. The summed E-state index contributed by atoms with van der Waals surface area (Å²) in [6.07, 6.45) is 1.72. The maximum Gasteiger partial charge on any atom is 0.254 e. The van der Waals surface area contributed by atoms with Crippen LogP contribution in [0.2, 0.25) is 0 Å². The molecule has 2 rings (SSSR count). The van der Waals surface area contributed by atoms with Gasteiger partial charge in [0.25, 0.3) is 5.91 Å². The van der Waals surface area contributed by atoms with Gasteiger partial charge >= 0.3 is 0 Å². The quantitative estimate of drug-likeness (QED) is 0.786. The predicted octanol–water partition coefficient (Wildman–Crippen LogP) is 2.37. The zero-order valence-electron chi connectivity index (χ0n) is 9.77. The summed E-state index contributed by atoms with van der Waals surface area (Å²) in [4.78, 5) is 13.9. The van der Waals surface area contributed by atoms with Gasteiger partial charge in [-0.05, 0) is 53.6 Å². The molecule has 1 amide bonds. The molecule has 1 fully saturated rings. The highest BCUT2D eigenvalue weighted by Crippen LogP contribution is 2.23. The third kappa shape index (κ3) is 2.75. The van der Waals surface area contributed by atoms with Gasteiger partial charge in [-0.2, -0.15) is 5.26 Å². The number of carbonyl (C=O) groups is 1. The minimum atomic E-state index is -0.110. The summed E-state index contributed by atoms with van der Waals surface area (Å²) in [5.41, 5.74) is 0.478. The Labute approximate surface area is 119 Å². The molecule has 0 radical (unpaired) electrons. The van der Waals surface area contributed by atoms with Gasteiger partial charge in [0, 0.05) is 18.7 Å². The molecule has 0 spiro atoms. The molecule has 1 atom stereocenters. The van der Waals surface area contributed by atoms with Crippen molar-refractivity contribution in [3.8, 4) is 11.8 Å². The number of amides is 1. The molecule has 1 aliphatic heterocycles. The lowest BCUT2D eigenvalue weighted by molar-refractivity contribution is 0.0698. The van der Waals surface area contributed by atoms with E-state index in [0.717, 1.165) is 16.4 Å². The highest BCUT2D eigenvalue weighted by atomic mass is 127. The van der Waals surface area contributed by atoms with Crippen molar-refractivity contribution in [3.05, 3.63) is 27.3 Å². The summed E-state index contributed by atoms with van der Waals surface area (Å²) in [5, 5.41) is 18.5. The smallest absolute Gasteiger partial charge is 0.254 e. The maximum absolute atomic E-state index is 12.2. The minimum absolute atomic E-state index is 0.0693. The molecule has 1 unspecified atom stereocenters. The van der Waals surface area contributed by atoms with E-state index in [1.54, 1.807) is 17.0 Å². The SMILES string of the molecule is N#CC1CCCN(C(=O)c2ccc(I)c(O)c2)C1. The summed E-state index contributed by atoms with van der Waals surface area (Å²) in [6.45, 7) is 1.17. The summed E-state index contributed by atoms with van der Waals surface area (Å²) in [5.74, 6) is -0.0583. The molecule has 1 saturated heterocycles. The van der Waals surface area contributed by atoms with E-state index in [2.05, 4.69) is 6.07 Å². The van der Waals surface area contributed by atoms with E-state index >= 15 is 0 Å². The van der Waals surface area contributed by atoms with Crippen LogP contribution in [0.15, 0.2) is 18.2 Å². The Hall–Kier alpha value is -1.29. The average molecular weight is 356 g/mol. The lowest BCUT2D eigenvalue weighted by Gasteiger charge is -2.29. The van der Waals surface area contributed by atoms with Gasteiger partial charge in [-0.25, -0.2) is 0 Å². The van der Waals surface area contributed by atoms with Crippen molar-refractivity contribution in [3.63, 3.8) is 0 Å². The van der Waals surface area contributed by atoms with Crippen LogP contribution in [0.4, 0.5) is 0 Å². The van der Waals surface area contributed by atoms with Crippen LogP contribution in [-0.4, -0.2) is 29.0 Å². The molecule has 0 saturated carbocycles. The van der Waals surface area contributed by atoms with Crippen molar-refractivity contribution >= 4 is 28.5 Å². The largest absolute Gasteiger partial charge is 0.507 e. The van der Waals surface area contributed by atoms with Crippen molar-refractivity contribution in [2.45, 2.75) is 12.8 Å². The first-order chi connectivity index (χ1) is 8.61. The first-order valence-corrected chi connectivity index (χ1v) is 6.87. The normalized spacial score (nSPS) is 19.3. The molecule has 0 aliphatic carbocycles. The van der Waals surface area contributed by atoms with Crippen molar-refractivity contribution in [1.29, 1.82) is 5.26 Å². The molecule has 0 bridgehead atoms. The van der Waals surface area contributed by atoms with Crippen molar-refractivity contribution in [2.24, 2.45) is 5.92 Å². The topological polar surface area (TPSA) is 64.3 Å². The van der Waals surface area contributed by atoms with Gasteiger partial charge in [0.15, 0.2) is 0 Å². The Kier molecular flexibility index (Phi) is 4.07. The van der Waals surface area contributed by atoms with Gasteiger partial charge in [0.2, 0.25) is 0 Å². The lowest BCUT2D eigenvalue weighted by atomic mass is 9.99. The second-order valence-corrected chi connectivity index (χ2v) is 5.55. The Morgan fingerprint density at radius 3 is 3.00 bits per heavy atom. The number of hydrogen-bond donors (Lipinski definition) is 1. The first-order valence-electron chi connectivity index (χ1n) is 5.79. The second kappa shape index (κ2) is 5.57. The molecule has 0 aromatic heterocycles. The van der Waals surface area contributed by atoms with Gasteiger partial charge in [0.1, 0.15) is 5.75 Å². The fourth-order valence-corrected chi connectivity index (χ4v) is 2.43. The van der Waals surface area contributed by atoms with E-state index in [4.69, 9.17) is 5.26 Å². The number of phenols is 1. The van der Waals surface area contributed by atoms with Gasteiger partial charge in [0.05, 0.1) is 15.6 Å². The number of rotatable bonds is 1. The van der Waals surface area contributed by atoms with Crippen LogP contribution in [0.1, 0.15) is 23.2 Å². The van der Waals surface area contributed by atoms with E-state index in [1.807, 2.05) is 22.6 Å². The fraction of sp³-hybridized carbons (Fsp3) is 0.385. The minimum Gasteiger partial charge on any atom is -0.507 e. The van der Waals surface area contributed by atoms with Crippen LogP contribution in [0, 0.1) is 20.8 Å². The van der Waals surface area contributed by atoms with Gasteiger partial charge in [-0.15, -0.1) is 0 Å². The molecule has 94 valence electrons. The number of aromatic hydroxyl groups is 1. The van der Waals surface area contributed by atoms with Crippen LogP contribution >= 0.6 is 22.6 Å². The summed E-state index contributed by atoms with van der Waals surface area (Å²) in [6, 6.07) is 7.13. The van der Waals surface area contributed by atoms with E-state index < -0.39 is 0 Å². The van der Waals surface area contributed by atoms with E-state index in [1.165, 1.54) is 6.07 Å². The summed E-state index contributed by atoms with van der Waals surface area (Å²) >= 11 is 2.01. The third-order valence-corrected chi connectivity index (χ3v) is 4.00. The molecule has 18 heavy (non-hydrogen) atoms. The van der Waals surface area contributed by atoms with Gasteiger partial charge in [-0.1, -0.05) is 0 Å². The van der Waals surface area contributed by atoms with Crippen LogP contribution in [0.3, 0.4) is 0 Å². The molecule has 4 nitrogen and oxygen atoms in total. The number of nitriles is 1. The van der Waals surface area contributed by atoms with Crippen LogP contribution < -0.4 is 0 Å². The number of hydrogen-bond acceptors (Lipinski definition) is 3. The Bertz CT molecular complexity index is 510. The highest BCUT2D eigenvalue weighted by Gasteiger charge is 2.24. The molecule has 1 N–H and O–H groups in total. The summed E-state index contributed by atoms with van der Waals surface area (Å²) < 4.78 is 0.720. The molecule has 1 aromatic carbocycles. The van der Waals surface area contributed by atoms with E-state index in [9.17, 15) is 9.90 Å². The number of carbonyl (C=O) groups excluding carboxylic acids is 1. The Morgan fingerprint density at radius 1 is 1.56 bits per heavy atom. The van der Waals surface area contributed by atoms with Crippen molar-refractivity contribution < 1.29 is 9.90 Å². The number of halogens is 1. The fourth-order valence-electron chi connectivity index (χ4n) is 2.10. The van der Waals surface area contributed by atoms with E-state index in [-0.39, 0.29) is 17.6 Å². The lowest BCUT2D eigenvalue weighted by Crippen LogP contribution is -2.39. The number of likely N-dealkylation sites (tertiary alicyclic amines) is 1. The average Bonchev–Trinajstić information content (AvgIpc) is 2.41. The van der Waals surface area contributed by atoms with Crippen LogP contribution in [-0.2, 0) is 0 Å². The number of piperidine rings is 1. The maximum atomic E-state index is 12.2. The zero-order chi connectivity index (χ0) is 13.1. The van der Waals surface area contributed by atoms with Crippen LogP contribution in [0.25, 0.3) is 0 Å². The van der Waals surface area contributed by atoms with E-state index in [0.29, 0.717) is 18.7 Å². The van der Waals surface area contributed by atoms with Gasteiger partial charge in [-0.3, -0.25) is 4.79 Å². The zero-order valence-corrected chi connectivity index (χ0v) is 11.9. The van der Waals surface area contributed by atoms with Crippen molar-refractivity contribution in [1.82, 2.24) is 4.90 Å². The Morgan fingerprint density at radius 2 is 2.33 bits per heavy atom. The molecular formula is C13H13IN2O2. The molecule has 1 aromatic rings. The number of benzene rings is 1. The Balaban J connectivity index is 2.15. The first kappa shape index (κ1) is 13.1. The third-order valence-electron chi connectivity index (χ3n) is 3.08. The number of phenolic OH excluding ortho intramolecular Hbond substituents is 1. The monoisotopic (exact) mass is 356 g/mol. The standard InChI is InChI=1S/C13H13IN2O2/c14-11-4-3-10(6-12(11)17)13(18)16-5-1-2-9(7-15)8-16/h3-4,6,9,17H,1-2,5,8H2. The van der Waals surface area contributed by atoms with Gasteiger partial charge < -0.3 is 10.0 Å². The van der Waals surface area contributed by atoms with Crippen LogP contribution in [0.5, 0.6) is 5.75 Å². The second-order valence-electron chi connectivity index (χ2n) is 4.39. The molecular weight excluding hydrogens is 343 g/mol. The molecule has 5 heteroatoms. The molecule has 1 aliphatic rings. The summed E-state index contributed by atoms with van der Waals surface area (Å²) in [7, 11) is 0.